The number of aromatic nitrogens is 1. The number of nitrogens with one attached hydrogen (secondary N) is 1. The first kappa shape index (κ1) is 16.4. The van der Waals surface area contributed by atoms with E-state index in [0.717, 1.165) is 23.4 Å². The maximum atomic E-state index is 12.1. The highest BCUT2D eigenvalue weighted by Crippen LogP contribution is 2.36. The fourth-order valence-electron chi connectivity index (χ4n) is 2.46. The third-order valence-electron chi connectivity index (χ3n) is 3.58. The summed E-state index contributed by atoms with van der Waals surface area (Å²) in [5.41, 5.74) is 7.63. The van der Waals surface area contributed by atoms with Gasteiger partial charge in [-0.1, -0.05) is 6.92 Å². The van der Waals surface area contributed by atoms with E-state index in [-0.39, 0.29) is 25.0 Å². The number of carbonyl (C=O) groups excluding carboxylic acids is 2. The van der Waals surface area contributed by atoms with Gasteiger partial charge in [-0.2, -0.15) is 0 Å². The van der Waals surface area contributed by atoms with Gasteiger partial charge in [0.1, 0.15) is 5.75 Å². The Bertz CT molecular complexity index is 774. The smallest absolute Gasteiger partial charge is 0.265 e. The Balaban J connectivity index is 1.90. The van der Waals surface area contributed by atoms with Gasteiger partial charge in [0, 0.05) is 17.5 Å². The molecule has 0 saturated carbocycles. The lowest BCUT2D eigenvalue weighted by Crippen LogP contribution is -2.39. The molecule has 0 atom stereocenters. The van der Waals surface area contributed by atoms with E-state index in [4.69, 9.17) is 10.5 Å². The van der Waals surface area contributed by atoms with Crippen LogP contribution in [0.2, 0.25) is 0 Å². The van der Waals surface area contributed by atoms with Gasteiger partial charge in [-0.3, -0.25) is 9.59 Å². The van der Waals surface area contributed by atoms with Gasteiger partial charge >= 0.3 is 0 Å². The van der Waals surface area contributed by atoms with Crippen LogP contribution in [-0.2, 0) is 9.59 Å². The van der Waals surface area contributed by atoms with Gasteiger partial charge in [0.05, 0.1) is 17.9 Å². The molecule has 0 spiro atoms. The normalized spacial score (nSPS) is 13.4. The highest BCUT2D eigenvalue weighted by atomic mass is 32.1. The van der Waals surface area contributed by atoms with Crippen molar-refractivity contribution in [3.8, 4) is 17.0 Å². The van der Waals surface area contributed by atoms with Crippen molar-refractivity contribution in [2.45, 2.75) is 13.3 Å². The highest BCUT2D eigenvalue weighted by Gasteiger charge is 2.25. The molecule has 8 heteroatoms. The molecule has 2 amide bonds. The van der Waals surface area contributed by atoms with E-state index in [1.807, 2.05) is 30.5 Å². The van der Waals surface area contributed by atoms with Gasteiger partial charge in [0.15, 0.2) is 11.7 Å². The van der Waals surface area contributed by atoms with E-state index < -0.39 is 0 Å². The standard InChI is InChI=1S/C16H18N4O3S/c1-2-5-20-12-6-10(3-4-13(12)23-8-15(20)22)11-9-24-16(18-11)19-14(21)7-17/h3-4,6,9H,2,5,7-8,17H2,1H3,(H,18,19,21). The van der Waals surface area contributed by atoms with E-state index in [2.05, 4.69) is 10.3 Å². The molecule has 1 aliphatic heterocycles. The third-order valence-corrected chi connectivity index (χ3v) is 4.34. The average molecular weight is 346 g/mol. The number of ether oxygens (including phenoxy) is 1. The Hall–Kier alpha value is -2.45. The Morgan fingerprint density at radius 2 is 2.33 bits per heavy atom. The topological polar surface area (TPSA) is 97.5 Å². The van der Waals surface area contributed by atoms with Gasteiger partial charge in [-0.05, 0) is 24.6 Å². The maximum absolute atomic E-state index is 12.1. The molecule has 0 saturated heterocycles. The second-order valence-electron chi connectivity index (χ2n) is 5.31. The molecule has 3 rings (SSSR count). The molecule has 0 radical (unpaired) electrons. The zero-order valence-electron chi connectivity index (χ0n) is 13.2. The predicted octanol–water partition coefficient (Wildman–Crippen LogP) is 1.84. The first-order valence-electron chi connectivity index (χ1n) is 7.65. The lowest BCUT2D eigenvalue weighted by Gasteiger charge is -2.29. The molecule has 1 aliphatic rings. The second-order valence-corrected chi connectivity index (χ2v) is 6.16. The summed E-state index contributed by atoms with van der Waals surface area (Å²) >= 11 is 1.33. The minimum atomic E-state index is -0.283. The number of rotatable bonds is 5. The molecule has 1 aromatic carbocycles. The molecule has 2 heterocycles. The second kappa shape index (κ2) is 6.98. The van der Waals surface area contributed by atoms with Crippen molar-refractivity contribution in [2.24, 2.45) is 5.73 Å². The van der Waals surface area contributed by atoms with E-state index in [0.29, 0.717) is 17.4 Å². The average Bonchev–Trinajstić information content (AvgIpc) is 3.05. The molecule has 0 aliphatic carbocycles. The van der Waals surface area contributed by atoms with E-state index in [1.165, 1.54) is 11.3 Å². The molecule has 1 aromatic heterocycles. The number of fused-ring (bicyclic) bond motifs is 1. The van der Waals surface area contributed by atoms with E-state index in [1.54, 1.807) is 4.90 Å². The van der Waals surface area contributed by atoms with Crippen LogP contribution in [0.4, 0.5) is 10.8 Å². The number of anilines is 2. The Morgan fingerprint density at radius 3 is 3.08 bits per heavy atom. The number of nitrogens with zero attached hydrogens (tertiary/aromatic N) is 2. The summed E-state index contributed by atoms with van der Waals surface area (Å²) in [6.45, 7) is 2.66. The van der Waals surface area contributed by atoms with E-state index >= 15 is 0 Å². The minimum Gasteiger partial charge on any atom is -0.482 e. The van der Waals surface area contributed by atoms with Crippen LogP contribution in [0, 0.1) is 0 Å². The van der Waals surface area contributed by atoms with Crippen LogP contribution in [0.25, 0.3) is 11.3 Å². The largest absolute Gasteiger partial charge is 0.482 e. The molecule has 0 fully saturated rings. The molecular weight excluding hydrogens is 328 g/mol. The molecular formula is C16H18N4O3S. The zero-order valence-corrected chi connectivity index (χ0v) is 14.1. The molecule has 7 nitrogen and oxygen atoms in total. The van der Waals surface area contributed by atoms with Crippen molar-refractivity contribution in [1.82, 2.24) is 4.98 Å². The number of carbonyl (C=O) groups is 2. The van der Waals surface area contributed by atoms with Gasteiger partial charge in [0.2, 0.25) is 5.91 Å². The summed E-state index contributed by atoms with van der Waals surface area (Å²) in [6, 6.07) is 5.63. The predicted molar refractivity (Wildman–Crippen MR) is 93.4 cm³/mol. The molecule has 3 N–H and O–H groups in total. The van der Waals surface area contributed by atoms with Crippen LogP contribution < -0.4 is 20.7 Å². The number of nitrogens with two attached hydrogens (primary N) is 1. The van der Waals surface area contributed by atoms with Crippen molar-refractivity contribution in [3.63, 3.8) is 0 Å². The maximum Gasteiger partial charge on any atom is 0.265 e. The third kappa shape index (κ3) is 3.24. The summed E-state index contributed by atoms with van der Waals surface area (Å²) in [5, 5.41) is 4.98. The fourth-order valence-corrected chi connectivity index (χ4v) is 3.20. The number of hydrogen-bond donors (Lipinski definition) is 2. The van der Waals surface area contributed by atoms with Crippen molar-refractivity contribution in [2.75, 3.05) is 29.9 Å². The lowest BCUT2D eigenvalue weighted by atomic mass is 10.1. The zero-order chi connectivity index (χ0) is 17.1. The van der Waals surface area contributed by atoms with Crippen molar-refractivity contribution in [3.05, 3.63) is 23.6 Å². The fraction of sp³-hybridized carbons (Fsp3) is 0.312. The summed E-state index contributed by atoms with van der Waals surface area (Å²) in [4.78, 5) is 29.6. The number of benzene rings is 1. The Kier molecular flexibility index (Phi) is 4.77. The molecule has 0 bridgehead atoms. The summed E-state index contributed by atoms with van der Waals surface area (Å²) in [7, 11) is 0. The monoisotopic (exact) mass is 346 g/mol. The van der Waals surface area contributed by atoms with Crippen LogP contribution in [0.1, 0.15) is 13.3 Å². The van der Waals surface area contributed by atoms with Gasteiger partial charge in [-0.15, -0.1) is 11.3 Å². The van der Waals surface area contributed by atoms with Crippen molar-refractivity contribution in [1.29, 1.82) is 0 Å². The summed E-state index contributed by atoms with van der Waals surface area (Å²) < 4.78 is 5.50. The molecule has 126 valence electrons. The van der Waals surface area contributed by atoms with Gasteiger partial charge < -0.3 is 20.7 Å². The summed E-state index contributed by atoms with van der Waals surface area (Å²) in [6.07, 6.45) is 0.862. The Labute approximate surface area is 143 Å². The van der Waals surface area contributed by atoms with E-state index in [9.17, 15) is 9.59 Å². The number of hydrogen-bond acceptors (Lipinski definition) is 6. The van der Waals surface area contributed by atoms with Crippen LogP contribution >= 0.6 is 11.3 Å². The quantitative estimate of drug-likeness (QED) is 0.861. The van der Waals surface area contributed by atoms with Crippen molar-refractivity contribution < 1.29 is 14.3 Å². The number of thiazole rings is 1. The van der Waals surface area contributed by atoms with Crippen LogP contribution in [0.5, 0.6) is 5.75 Å². The first-order chi connectivity index (χ1) is 11.6. The van der Waals surface area contributed by atoms with Gasteiger partial charge in [0.25, 0.3) is 5.91 Å². The minimum absolute atomic E-state index is 0.0457. The summed E-state index contributed by atoms with van der Waals surface area (Å²) in [5.74, 6) is 0.365. The molecule has 24 heavy (non-hydrogen) atoms. The lowest BCUT2D eigenvalue weighted by molar-refractivity contribution is -0.121. The van der Waals surface area contributed by atoms with Crippen LogP contribution in [-0.4, -0.2) is 36.5 Å². The number of amides is 2. The molecule has 0 unspecified atom stereocenters. The SMILES string of the molecule is CCCN1C(=O)COc2ccc(-c3csc(NC(=O)CN)n3)cc21. The highest BCUT2D eigenvalue weighted by molar-refractivity contribution is 7.14. The Morgan fingerprint density at radius 1 is 1.50 bits per heavy atom. The molecule has 2 aromatic rings. The van der Waals surface area contributed by atoms with Gasteiger partial charge in [-0.25, -0.2) is 4.98 Å². The van der Waals surface area contributed by atoms with Crippen LogP contribution in [0.3, 0.4) is 0 Å². The first-order valence-corrected chi connectivity index (χ1v) is 8.53. The van der Waals surface area contributed by atoms with Crippen LogP contribution in [0.15, 0.2) is 23.6 Å². The van der Waals surface area contributed by atoms with Crippen molar-refractivity contribution >= 4 is 34.0 Å².